The Kier molecular flexibility index (Phi) is 10.3. The van der Waals surface area contributed by atoms with Gasteiger partial charge in [0.15, 0.2) is 5.82 Å². The van der Waals surface area contributed by atoms with E-state index in [0.29, 0.717) is 25.7 Å². The van der Waals surface area contributed by atoms with E-state index in [1.807, 2.05) is 23.1 Å². The fourth-order valence-corrected chi connectivity index (χ4v) is 3.36. The smallest absolute Gasteiger partial charge is 0.475 e. The number of carboxylic acid groups (broad SMARTS) is 2. The maximum Gasteiger partial charge on any atom is 0.490 e. The highest BCUT2D eigenvalue weighted by Gasteiger charge is 2.46. The van der Waals surface area contributed by atoms with Crippen LogP contribution in [0.4, 0.5) is 36.7 Å². The van der Waals surface area contributed by atoms with Gasteiger partial charge in [-0.25, -0.2) is 23.9 Å². The van der Waals surface area contributed by atoms with Gasteiger partial charge in [-0.2, -0.15) is 26.3 Å². The lowest BCUT2D eigenvalue weighted by Crippen LogP contribution is -2.33. The van der Waals surface area contributed by atoms with Gasteiger partial charge < -0.3 is 24.6 Å². The van der Waals surface area contributed by atoms with Crippen molar-refractivity contribution in [3.05, 3.63) is 48.3 Å². The standard InChI is InChI=1S/C17H19FN4O2.2C2HF3O2/c18-13-8-20-16(21-9-13)22-6-4-17(12-22)7-15(11-24-17)23-10-14-3-1-2-5-19-14;2*3-2(4,5)1(6)7/h1-3,5,8-9,15H,4,6-7,10-12H2;2*(H,6,7)/t15-,17-;;/m0../s1. The predicted molar refractivity (Wildman–Crippen MR) is 112 cm³/mol. The van der Waals surface area contributed by atoms with Crippen molar-refractivity contribution in [2.75, 3.05) is 24.6 Å². The Morgan fingerprint density at radius 3 is 2.13 bits per heavy atom. The van der Waals surface area contributed by atoms with Crippen molar-refractivity contribution >= 4 is 17.9 Å². The molecular formula is C21H21F7N4O6. The van der Waals surface area contributed by atoms with Gasteiger partial charge in [-0.1, -0.05) is 6.07 Å². The molecule has 2 fully saturated rings. The maximum absolute atomic E-state index is 13.0. The monoisotopic (exact) mass is 558 g/mol. The second-order valence-electron chi connectivity index (χ2n) is 7.93. The van der Waals surface area contributed by atoms with E-state index < -0.39 is 30.1 Å². The first-order valence-corrected chi connectivity index (χ1v) is 10.6. The van der Waals surface area contributed by atoms with Gasteiger partial charge >= 0.3 is 24.3 Å². The number of pyridine rings is 1. The summed E-state index contributed by atoms with van der Waals surface area (Å²) in [5.41, 5.74) is 0.707. The van der Waals surface area contributed by atoms with Crippen LogP contribution in [0.2, 0.25) is 0 Å². The summed E-state index contributed by atoms with van der Waals surface area (Å²) < 4.78 is 88.4. The Balaban J connectivity index is 0.000000301. The van der Waals surface area contributed by atoms with Gasteiger partial charge in [0, 0.05) is 19.2 Å². The molecule has 10 nitrogen and oxygen atoms in total. The summed E-state index contributed by atoms with van der Waals surface area (Å²) in [4.78, 5) is 32.2. The average Bonchev–Trinajstić information content (AvgIpc) is 3.45. The molecule has 0 aromatic carbocycles. The molecular weight excluding hydrogens is 537 g/mol. The Morgan fingerprint density at radius 1 is 1.05 bits per heavy atom. The molecule has 2 saturated heterocycles. The second-order valence-corrected chi connectivity index (χ2v) is 7.93. The molecule has 0 radical (unpaired) electrons. The number of ether oxygens (including phenoxy) is 2. The van der Waals surface area contributed by atoms with Crippen LogP contribution < -0.4 is 4.90 Å². The van der Waals surface area contributed by atoms with Crippen LogP contribution in [0.3, 0.4) is 0 Å². The van der Waals surface area contributed by atoms with E-state index in [4.69, 9.17) is 29.3 Å². The molecule has 210 valence electrons. The Bertz CT molecular complexity index is 1030. The fraction of sp³-hybridized carbons (Fsp3) is 0.476. The molecule has 0 bridgehead atoms. The molecule has 2 aromatic heterocycles. The molecule has 0 unspecified atom stereocenters. The second kappa shape index (κ2) is 12.8. The molecule has 2 atom stereocenters. The van der Waals surface area contributed by atoms with Crippen LogP contribution in [-0.2, 0) is 25.7 Å². The summed E-state index contributed by atoms with van der Waals surface area (Å²) in [7, 11) is 0. The van der Waals surface area contributed by atoms with E-state index in [9.17, 15) is 30.7 Å². The number of aromatic nitrogens is 3. The number of hydrogen-bond acceptors (Lipinski definition) is 8. The molecule has 2 aliphatic rings. The third kappa shape index (κ3) is 9.70. The minimum absolute atomic E-state index is 0.0705. The molecule has 4 heterocycles. The van der Waals surface area contributed by atoms with Crippen molar-refractivity contribution in [2.45, 2.75) is 43.5 Å². The van der Waals surface area contributed by atoms with Crippen molar-refractivity contribution in [3.8, 4) is 0 Å². The number of halogens is 7. The lowest BCUT2D eigenvalue weighted by atomic mass is 9.98. The lowest BCUT2D eigenvalue weighted by Gasteiger charge is -2.23. The number of carbonyl (C=O) groups is 2. The van der Waals surface area contributed by atoms with Crippen molar-refractivity contribution in [3.63, 3.8) is 0 Å². The molecule has 0 aliphatic carbocycles. The van der Waals surface area contributed by atoms with E-state index in [0.717, 1.165) is 25.1 Å². The summed E-state index contributed by atoms with van der Waals surface area (Å²) in [5.74, 6) is -5.39. The van der Waals surface area contributed by atoms with E-state index in [1.54, 1.807) is 6.20 Å². The molecule has 4 rings (SSSR count). The number of nitrogens with zero attached hydrogens (tertiary/aromatic N) is 4. The highest BCUT2D eigenvalue weighted by atomic mass is 19.4. The molecule has 0 saturated carbocycles. The maximum atomic E-state index is 13.0. The van der Waals surface area contributed by atoms with Gasteiger partial charge in [0.1, 0.15) is 0 Å². The lowest BCUT2D eigenvalue weighted by molar-refractivity contribution is -0.193. The molecule has 2 N–H and O–H groups in total. The number of carboxylic acids is 2. The number of hydrogen-bond donors (Lipinski definition) is 2. The molecule has 2 aliphatic heterocycles. The highest BCUT2D eigenvalue weighted by molar-refractivity contribution is 5.73. The Hall–Kier alpha value is -3.60. The molecule has 38 heavy (non-hydrogen) atoms. The van der Waals surface area contributed by atoms with Crippen LogP contribution in [0.25, 0.3) is 0 Å². The van der Waals surface area contributed by atoms with Gasteiger partial charge in [-0.15, -0.1) is 0 Å². The van der Waals surface area contributed by atoms with Crippen LogP contribution >= 0.6 is 0 Å². The largest absolute Gasteiger partial charge is 0.490 e. The third-order valence-electron chi connectivity index (χ3n) is 5.06. The van der Waals surface area contributed by atoms with Gasteiger partial charge in [-0.3, -0.25) is 4.98 Å². The van der Waals surface area contributed by atoms with Crippen LogP contribution in [0.1, 0.15) is 18.5 Å². The van der Waals surface area contributed by atoms with E-state index in [-0.39, 0.29) is 11.7 Å². The first-order chi connectivity index (χ1) is 17.6. The first-order valence-electron chi connectivity index (χ1n) is 10.6. The Morgan fingerprint density at radius 2 is 1.63 bits per heavy atom. The third-order valence-corrected chi connectivity index (χ3v) is 5.06. The summed E-state index contributed by atoms with van der Waals surface area (Å²) >= 11 is 0. The summed E-state index contributed by atoms with van der Waals surface area (Å²) in [6.07, 6.45) is -4.19. The predicted octanol–water partition coefficient (Wildman–Crippen LogP) is 3.23. The quantitative estimate of drug-likeness (QED) is 0.539. The summed E-state index contributed by atoms with van der Waals surface area (Å²) in [6, 6.07) is 5.80. The summed E-state index contributed by atoms with van der Waals surface area (Å²) in [5, 5.41) is 14.2. The van der Waals surface area contributed by atoms with Gasteiger partial charge in [0.25, 0.3) is 0 Å². The minimum Gasteiger partial charge on any atom is -0.475 e. The van der Waals surface area contributed by atoms with Crippen LogP contribution in [0.15, 0.2) is 36.8 Å². The molecule has 2 aromatic rings. The van der Waals surface area contributed by atoms with Crippen molar-refractivity contribution < 1.29 is 60.0 Å². The van der Waals surface area contributed by atoms with Crippen LogP contribution in [0, 0.1) is 5.82 Å². The highest BCUT2D eigenvalue weighted by Crippen LogP contribution is 2.37. The average molecular weight is 558 g/mol. The van der Waals surface area contributed by atoms with Crippen molar-refractivity contribution in [2.24, 2.45) is 0 Å². The van der Waals surface area contributed by atoms with E-state index in [1.165, 1.54) is 12.4 Å². The Labute approximate surface area is 210 Å². The minimum atomic E-state index is -5.08. The van der Waals surface area contributed by atoms with Crippen molar-refractivity contribution in [1.82, 2.24) is 15.0 Å². The van der Waals surface area contributed by atoms with Crippen LogP contribution in [-0.4, -0.2) is 80.9 Å². The van der Waals surface area contributed by atoms with Crippen molar-refractivity contribution in [1.29, 1.82) is 0 Å². The van der Waals surface area contributed by atoms with Crippen LogP contribution in [0.5, 0.6) is 0 Å². The van der Waals surface area contributed by atoms with E-state index in [2.05, 4.69) is 15.0 Å². The molecule has 1 spiro atoms. The zero-order valence-electron chi connectivity index (χ0n) is 19.2. The molecule has 17 heteroatoms. The fourth-order valence-electron chi connectivity index (χ4n) is 3.36. The number of anilines is 1. The SMILES string of the molecule is Fc1cnc(N2CC[C@]3(C[C@H](OCc4ccccn4)CO3)C2)nc1.O=C(O)C(F)(F)F.O=C(O)C(F)(F)F. The number of rotatable bonds is 4. The zero-order valence-corrected chi connectivity index (χ0v) is 19.2. The number of aliphatic carboxylic acids is 2. The summed E-state index contributed by atoms with van der Waals surface area (Å²) in [6.45, 7) is 2.60. The molecule has 0 amide bonds. The van der Waals surface area contributed by atoms with Gasteiger partial charge in [0.2, 0.25) is 5.95 Å². The van der Waals surface area contributed by atoms with Gasteiger partial charge in [-0.05, 0) is 18.6 Å². The zero-order chi connectivity index (χ0) is 28.6. The first kappa shape index (κ1) is 30.6. The van der Waals surface area contributed by atoms with Gasteiger partial charge in [0.05, 0.1) is 49.6 Å². The normalized spacial score (nSPS) is 20.8. The topological polar surface area (TPSA) is 135 Å². The number of alkyl halides is 6. The van der Waals surface area contributed by atoms with E-state index >= 15 is 0 Å².